The maximum atomic E-state index is 8.78. The lowest BCUT2D eigenvalue weighted by molar-refractivity contribution is 0.318. The van der Waals surface area contributed by atoms with Gasteiger partial charge in [-0.25, -0.2) is 0 Å². The van der Waals surface area contributed by atoms with Crippen LogP contribution < -0.4 is 11.1 Å². The molecule has 2 aromatic rings. The molecule has 0 unspecified atom stereocenters. The number of oxime groups is 1. The summed E-state index contributed by atoms with van der Waals surface area (Å²) in [5.74, 6) is 0.125. The number of rotatable bonds is 4. The first kappa shape index (κ1) is 13.7. The van der Waals surface area contributed by atoms with E-state index in [9.17, 15) is 0 Å². The second-order valence-corrected chi connectivity index (χ2v) is 5.25. The number of benzene rings is 2. The molecule has 0 spiro atoms. The zero-order chi connectivity index (χ0) is 13.7. The van der Waals surface area contributed by atoms with E-state index in [0.29, 0.717) is 6.54 Å². The van der Waals surface area contributed by atoms with Crippen LogP contribution in [0.25, 0.3) is 0 Å². The summed E-state index contributed by atoms with van der Waals surface area (Å²) in [7, 11) is 0. The maximum Gasteiger partial charge on any atom is 0.170 e. The van der Waals surface area contributed by atoms with Crippen LogP contribution in [-0.2, 0) is 6.54 Å². The maximum absolute atomic E-state index is 8.78. The number of halogens is 1. The van der Waals surface area contributed by atoms with Gasteiger partial charge in [0.1, 0.15) is 0 Å². The molecule has 0 aliphatic rings. The van der Waals surface area contributed by atoms with Crippen molar-refractivity contribution in [1.29, 1.82) is 0 Å². The average Bonchev–Trinajstić information content (AvgIpc) is 2.45. The Hall–Kier alpha value is -1.76. The molecule has 98 valence electrons. The largest absolute Gasteiger partial charge is 0.409 e. The Labute approximate surface area is 125 Å². The summed E-state index contributed by atoms with van der Waals surface area (Å²) in [4.78, 5) is 0. The van der Waals surface area contributed by atoms with Gasteiger partial charge in [0.25, 0.3) is 0 Å². The predicted octanol–water partition coefficient (Wildman–Crippen LogP) is 3.00. The molecule has 19 heavy (non-hydrogen) atoms. The minimum absolute atomic E-state index is 0.125. The number of nitrogens with zero attached hydrogens (tertiary/aromatic N) is 1. The molecule has 0 fully saturated rings. The van der Waals surface area contributed by atoms with E-state index >= 15 is 0 Å². The van der Waals surface area contributed by atoms with Gasteiger partial charge in [0.15, 0.2) is 5.84 Å². The SMILES string of the molecule is NC(=NO)c1ccccc1CNc1cccc(I)c1. The van der Waals surface area contributed by atoms with E-state index < -0.39 is 0 Å². The summed E-state index contributed by atoms with van der Waals surface area (Å²) < 4.78 is 1.17. The van der Waals surface area contributed by atoms with Crippen molar-refractivity contribution in [2.24, 2.45) is 10.9 Å². The van der Waals surface area contributed by atoms with Crippen LogP contribution in [0.2, 0.25) is 0 Å². The summed E-state index contributed by atoms with van der Waals surface area (Å²) >= 11 is 2.27. The van der Waals surface area contributed by atoms with Gasteiger partial charge in [0.2, 0.25) is 0 Å². The molecule has 0 aromatic heterocycles. The van der Waals surface area contributed by atoms with E-state index in [1.165, 1.54) is 3.57 Å². The average molecular weight is 367 g/mol. The molecular weight excluding hydrogens is 353 g/mol. The summed E-state index contributed by atoms with van der Waals surface area (Å²) in [6, 6.07) is 15.7. The predicted molar refractivity (Wildman–Crippen MR) is 85.4 cm³/mol. The second-order valence-electron chi connectivity index (χ2n) is 4.01. The topological polar surface area (TPSA) is 70.6 Å². The van der Waals surface area contributed by atoms with Gasteiger partial charge in [-0.2, -0.15) is 0 Å². The van der Waals surface area contributed by atoms with Gasteiger partial charge in [0, 0.05) is 21.4 Å². The third-order valence-electron chi connectivity index (χ3n) is 2.71. The normalized spacial score (nSPS) is 11.3. The smallest absolute Gasteiger partial charge is 0.170 e. The van der Waals surface area contributed by atoms with Gasteiger partial charge in [0.05, 0.1) is 0 Å². The van der Waals surface area contributed by atoms with Crippen LogP contribution in [0.3, 0.4) is 0 Å². The van der Waals surface area contributed by atoms with Gasteiger partial charge in [-0.3, -0.25) is 0 Å². The van der Waals surface area contributed by atoms with Gasteiger partial charge >= 0.3 is 0 Å². The molecule has 0 atom stereocenters. The molecule has 2 aromatic carbocycles. The monoisotopic (exact) mass is 367 g/mol. The number of nitrogens with two attached hydrogens (primary N) is 1. The molecular formula is C14H14IN3O. The Morgan fingerprint density at radius 3 is 2.74 bits per heavy atom. The lowest BCUT2D eigenvalue weighted by atomic mass is 10.1. The first-order valence-corrected chi connectivity index (χ1v) is 6.84. The minimum Gasteiger partial charge on any atom is -0.409 e. The summed E-state index contributed by atoms with van der Waals surface area (Å²) in [6.07, 6.45) is 0. The molecule has 0 aliphatic heterocycles. The van der Waals surface area contributed by atoms with E-state index in [1.54, 1.807) is 0 Å². The molecule has 0 amide bonds. The van der Waals surface area contributed by atoms with Crippen molar-refractivity contribution in [2.45, 2.75) is 6.54 Å². The number of amidine groups is 1. The Morgan fingerprint density at radius 2 is 2.00 bits per heavy atom. The summed E-state index contributed by atoms with van der Waals surface area (Å²) in [6.45, 7) is 0.618. The Bertz CT molecular complexity index is 599. The standard InChI is InChI=1S/C14H14IN3O/c15-11-5-3-6-12(8-11)17-9-10-4-1-2-7-13(10)14(16)18-19/h1-8,17,19H,9H2,(H2,16,18). The van der Waals surface area contributed by atoms with E-state index in [2.05, 4.69) is 39.1 Å². The van der Waals surface area contributed by atoms with E-state index in [-0.39, 0.29) is 5.84 Å². The van der Waals surface area contributed by atoms with Crippen molar-refractivity contribution in [1.82, 2.24) is 0 Å². The molecule has 0 saturated carbocycles. The van der Waals surface area contributed by atoms with Crippen LogP contribution in [0.1, 0.15) is 11.1 Å². The van der Waals surface area contributed by atoms with E-state index in [0.717, 1.165) is 16.8 Å². The Balaban J connectivity index is 2.16. The summed E-state index contributed by atoms with van der Waals surface area (Å²) in [5, 5.41) is 15.2. The lowest BCUT2D eigenvalue weighted by Crippen LogP contribution is -2.16. The highest BCUT2D eigenvalue weighted by molar-refractivity contribution is 14.1. The van der Waals surface area contributed by atoms with Gasteiger partial charge in [-0.05, 0) is 46.4 Å². The molecule has 5 heteroatoms. The number of anilines is 1. The van der Waals surface area contributed by atoms with Crippen molar-refractivity contribution >= 4 is 34.1 Å². The molecule has 0 bridgehead atoms. The van der Waals surface area contributed by atoms with Crippen LogP contribution in [-0.4, -0.2) is 11.0 Å². The van der Waals surface area contributed by atoms with Crippen molar-refractivity contribution in [3.8, 4) is 0 Å². The third kappa shape index (κ3) is 3.60. The van der Waals surface area contributed by atoms with Gasteiger partial charge in [-0.15, -0.1) is 0 Å². The Kier molecular flexibility index (Phi) is 4.62. The van der Waals surface area contributed by atoms with Crippen LogP contribution in [0, 0.1) is 3.57 Å². The number of hydrogen-bond acceptors (Lipinski definition) is 3. The molecule has 0 heterocycles. The van der Waals surface area contributed by atoms with Gasteiger partial charge in [-0.1, -0.05) is 35.5 Å². The molecule has 0 saturated heterocycles. The van der Waals surface area contributed by atoms with Crippen molar-refractivity contribution < 1.29 is 5.21 Å². The Morgan fingerprint density at radius 1 is 1.21 bits per heavy atom. The first-order chi connectivity index (χ1) is 9.20. The fourth-order valence-corrected chi connectivity index (χ4v) is 2.32. The van der Waals surface area contributed by atoms with E-state index in [1.807, 2.05) is 42.5 Å². The molecule has 0 aliphatic carbocycles. The van der Waals surface area contributed by atoms with Crippen molar-refractivity contribution in [3.05, 3.63) is 63.2 Å². The van der Waals surface area contributed by atoms with Crippen molar-refractivity contribution in [3.63, 3.8) is 0 Å². The highest BCUT2D eigenvalue weighted by Crippen LogP contribution is 2.15. The number of nitrogens with one attached hydrogen (secondary N) is 1. The highest BCUT2D eigenvalue weighted by atomic mass is 127. The zero-order valence-corrected chi connectivity index (χ0v) is 12.3. The second kappa shape index (κ2) is 6.42. The van der Waals surface area contributed by atoms with Crippen LogP contribution in [0.4, 0.5) is 5.69 Å². The van der Waals surface area contributed by atoms with Crippen LogP contribution in [0.5, 0.6) is 0 Å². The molecule has 2 rings (SSSR count). The summed E-state index contributed by atoms with van der Waals surface area (Å²) in [5.41, 5.74) is 8.42. The first-order valence-electron chi connectivity index (χ1n) is 5.76. The fraction of sp³-hybridized carbons (Fsp3) is 0.0714. The van der Waals surface area contributed by atoms with Crippen LogP contribution in [0.15, 0.2) is 53.7 Å². The van der Waals surface area contributed by atoms with Crippen LogP contribution >= 0.6 is 22.6 Å². The van der Waals surface area contributed by atoms with E-state index in [4.69, 9.17) is 10.9 Å². The third-order valence-corrected chi connectivity index (χ3v) is 3.38. The quantitative estimate of drug-likeness (QED) is 0.256. The minimum atomic E-state index is 0.125. The molecule has 4 N–H and O–H groups in total. The highest BCUT2D eigenvalue weighted by Gasteiger charge is 2.05. The molecule has 4 nitrogen and oxygen atoms in total. The fourth-order valence-electron chi connectivity index (χ4n) is 1.77. The number of hydrogen-bond donors (Lipinski definition) is 3. The van der Waals surface area contributed by atoms with Gasteiger partial charge < -0.3 is 16.3 Å². The zero-order valence-electron chi connectivity index (χ0n) is 10.2. The lowest BCUT2D eigenvalue weighted by Gasteiger charge is -2.10. The molecule has 0 radical (unpaired) electrons. The van der Waals surface area contributed by atoms with Crippen molar-refractivity contribution in [2.75, 3.05) is 5.32 Å².